The van der Waals surface area contributed by atoms with E-state index in [0.717, 1.165) is 34.6 Å². The van der Waals surface area contributed by atoms with Crippen LogP contribution in [0.4, 0.5) is 0 Å². The van der Waals surface area contributed by atoms with Gasteiger partial charge in [0.25, 0.3) is 0 Å². The quantitative estimate of drug-likeness (QED) is 0.437. The van der Waals surface area contributed by atoms with Gasteiger partial charge in [-0.3, -0.25) is 4.79 Å². The molecule has 6 heteroatoms. The number of carbonyl (C=O) groups is 1. The van der Waals surface area contributed by atoms with E-state index in [1.165, 1.54) is 17.5 Å². The van der Waals surface area contributed by atoms with E-state index in [0.29, 0.717) is 11.5 Å². The number of methoxy groups -OCH3 is 2. The highest BCUT2D eigenvalue weighted by molar-refractivity contribution is 7.80. The number of hydrogen-bond acceptors (Lipinski definition) is 4. The molecular weight excluding hydrogens is 468 g/mol. The summed E-state index contributed by atoms with van der Waals surface area (Å²) in [5.74, 6) is 1.36. The maximum atomic E-state index is 12.2. The monoisotopic (exact) mass is 512 g/mol. The van der Waals surface area contributed by atoms with Crippen molar-refractivity contribution in [3.05, 3.63) is 47.0 Å². The number of hydrogen-bond donors (Lipinski definition) is 2. The van der Waals surface area contributed by atoms with Gasteiger partial charge in [0.2, 0.25) is 5.91 Å². The lowest BCUT2D eigenvalue weighted by Crippen LogP contribution is -2.33. The minimum Gasteiger partial charge on any atom is -0.496 e. The van der Waals surface area contributed by atoms with E-state index < -0.39 is 6.04 Å². The van der Waals surface area contributed by atoms with Crippen LogP contribution in [0, 0.1) is 0 Å². The zero-order valence-electron chi connectivity index (χ0n) is 23.7. The number of benzene rings is 2. The molecule has 0 aromatic heterocycles. The Bertz CT molecular complexity index is 1090. The molecule has 1 saturated heterocycles. The molecule has 198 valence electrons. The van der Waals surface area contributed by atoms with Gasteiger partial charge < -0.3 is 20.1 Å². The van der Waals surface area contributed by atoms with E-state index in [4.69, 9.17) is 21.7 Å². The molecule has 0 bridgehead atoms. The van der Waals surface area contributed by atoms with Crippen LogP contribution in [0.3, 0.4) is 0 Å². The Hall–Kier alpha value is -2.60. The lowest BCUT2D eigenvalue weighted by Gasteiger charge is -2.42. The number of thiocarbonyl (C=S) groups is 1. The summed E-state index contributed by atoms with van der Waals surface area (Å²) >= 11 is 5.09. The second-order valence-corrected chi connectivity index (χ2v) is 10.5. The van der Waals surface area contributed by atoms with Crippen LogP contribution in [0.5, 0.6) is 11.5 Å². The Balaban J connectivity index is 0.00000109. The van der Waals surface area contributed by atoms with Gasteiger partial charge in [-0.2, -0.15) is 0 Å². The molecule has 1 amide bonds. The van der Waals surface area contributed by atoms with Crippen LogP contribution in [0.15, 0.2) is 30.3 Å². The first-order valence-electron chi connectivity index (χ1n) is 13.1. The van der Waals surface area contributed by atoms with E-state index in [-0.39, 0.29) is 16.7 Å². The Morgan fingerprint density at radius 2 is 1.53 bits per heavy atom. The summed E-state index contributed by atoms with van der Waals surface area (Å²) in [5.41, 5.74) is 5.94. The molecule has 5 nitrogen and oxygen atoms in total. The van der Waals surface area contributed by atoms with Gasteiger partial charge in [-0.05, 0) is 64.2 Å². The van der Waals surface area contributed by atoms with Crippen molar-refractivity contribution in [2.45, 2.75) is 91.5 Å². The first-order valence-corrected chi connectivity index (χ1v) is 13.5. The van der Waals surface area contributed by atoms with E-state index in [1.54, 1.807) is 14.2 Å². The Labute approximate surface area is 223 Å². The zero-order chi connectivity index (χ0) is 27.3. The maximum Gasteiger partial charge on any atom is 0.249 e. The van der Waals surface area contributed by atoms with Crippen LogP contribution in [0.2, 0.25) is 0 Å². The van der Waals surface area contributed by atoms with Gasteiger partial charge in [0, 0.05) is 6.42 Å². The maximum absolute atomic E-state index is 12.2. The fourth-order valence-corrected chi connectivity index (χ4v) is 5.25. The van der Waals surface area contributed by atoms with Crippen molar-refractivity contribution in [1.29, 1.82) is 0 Å². The summed E-state index contributed by atoms with van der Waals surface area (Å²) in [5, 5.41) is 6.06. The molecule has 36 heavy (non-hydrogen) atoms. The van der Waals surface area contributed by atoms with Crippen LogP contribution in [0.25, 0.3) is 11.1 Å². The summed E-state index contributed by atoms with van der Waals surface area (Å²) in [7, 11) is 3.34. The van der Waals surface area contributed by atoms with Crippen LogP contribution in [-0.2, 0) is 22.0 Å². The highest BCUT2D eigenvalue weighted by atomic mass is 32.1. The molecule has 0 spiro atoms. The van der Waals surface area contributed by atoms with Gasteiger partial charge in [-0.25, -0.2) is 0 Å². The van der Waals surface area contributed by atoms with E-state index in [2.05, 4.69) is 56.5 Å². The summed E-state index contributed by atoms with van der Waals surface area (Å²) in [6.45, 7) is 17.3. The second kappa shape index (κ2) is 12.1. The van der Waals surface area contributed by atoms with E-state index in [9.17, 15) is 4.79 Å². The minimum atomic E-state index is -0.416. The molecule has 0 saturated carbocycles. The Kier molecular flexibility index (Phi) is 9.95. The van der Waals surface area contributed by atoms with Crippen molar-refractivity contribution in [2.75, 3.05) is 14.2 Å². The van der Waals surface area contributed by atoms with Crippen molar-refractivity contribution in [3.63, 3.8) is 0 Å². The topological polar surface area (TPSA) is 59.6 Å². The molecule has 2 aromatic carbocycles. The Morgan fingerprint density at radius 3 is 2.06 bits per heavy atom. The molecule has 2 N–H and O–H groups in total. The van der Waals surface area contributed by atoms with Crippen molar-refractivity contribution in [3.8, 4) is 22.6 Å². The van der Waals surface area contributed by atoms with Gasteiger partial charge in [0.15, 0.2) is 5.11 Å². The summed E-state index contributed by atoms with van der Waals surface area (Å²) in [6.07, 6.45) is 2.79. The van der Waals surface area contributed by atoms with Gasteiger partial charge in [-0.1, -0.05) is 79.7 Å². The smallest absolute Gasteiger partial charge is 0.249 e. The molecule has 1 heterocycles. The largest absolute Gasteiger partial charge is 0.496 e. The molecule has 1 fully saturated rings. The van der Waals surface area contributed by atoms with E-state index in [1.807, 2.05) is 39.8 Å². The first kappa shape index (κ1) is 29.6. The van der Waals surface area contributed by atoms with Crippen LogP contribution in [0.1, 0.15) is 84.9 Å². The molecule has 0 radical (unpaired) electrons. The average Bonchev–Trinajstić information content (AvgIpc) is 3.20. The predicted molar refractivity (Wildman–Crippen MR) is 154 cm³/mol. The van der Waals surface area contributed by atoms with Gasteiger partial charge in [-0.15, -0.1) is 0 Å². The number of nitrogens with one attached hydrogen (secondary N) is 2. The molecular formula is C30H44N2O3S. The van der Waals surface area contributed by atoms with Crippen molar-refractivity contribution >= 4 is 23.2 Å². The third-order valence-corrected chi connectivity index (χ3v) is 7.27. The SMILES string of the molecule is CC.CC.COc1ccc(CC2NC(=S)NC2=O)c(OC)c1-c1ccc2c(c1)C(C)(C)CCC2(C)C. The number of rotatable bonds is 5. The second-order valence-electron chi connectivity index (χ2n) is 10.1. The number of fused-ring (bicyclic) bond motifs is 1. The summed E-state index contributed by atoms with van der Waals surface area (Å²) in [4.78, 5) is 12.2. The third kappa shape index (κ3) is 5.86. The van der Waals surface area contributed by atoms with Gasteiger partial charge >= 0.3 is 0 Å². The standard InChI is InChI=1S/C26H32N2O3S.2C2H6/c1-25(2)11-12-26(3,4)18-13-15(7-9-17(18)25)21-20(30-5)10-8-16(22(21)31-6)14-19-23(29)28-24(32)27-19;2*1-2/h7-10,13,19H,11-12,14H2,1-6H3,(H2,27,28,29,32);2*1-2H3. The molecule has 4 rings (SSSR count). The minimum absolute atomic E-state index is 0.0977. The molecule has 1 aliphatic carbocycles. The fraction of sp³-hybridized carbons (Fsp3) is 0.533. The first-order chi connectivity index (χ1) is 17.1. The fourth-order valence-electron chi connectivity index (χ4n) is 5.01. The molecule has 2 aromatic rings. The summed E-state index contributed by atoms with van der Waals surface area (Å²) in [6, 6.07) is 10.2. The van der Waals surface area contributed by atoms with Gasteiger partial charge in [0.1, 0.15) is 17.5 Å². The molecule has 1 unspecified atom stereocenters. The zero-order valence-corrected chi connectivity index (χ0v) is 24.5. The van der Waals surface area contributed by atoms with Crippen molar-refractivity contribution in [2.24, 2.45) is 0 Å². The predicted octanol–water partition coefficient (Wildman–Crippen LogP) is 6.69. The average molecular weight is 513 g/mol. The van der Waals surface area contributed by atoms with Crippen LogP contribution >= 0.6 is 12.2 Å². The van der Waals surface area contributed by atoms with Crippen molar-refractivity contribution < 1.29 is 14.3 Å². The number of carbonyl (C=O) groups excluding carboxylic acids is 1. The van der Waals surface area contributed by atoms with Crippen molar-refractivity contribution in [1.82, 2.24) is 10.6 Å². The molecule has 2 aliphatic rings. The molecule has 1 aliphatic heterocycles. The highest BCUT2D eigenvalue weighted by Gasteiger charge is 2.37. The number of amides is 1. The third-order valence-electron chi connectivity index (χ3n) is 7.05. The summed E-state index contributed by atoms with van der Waals surface area (Å²) < 4.78 is 11.7. The normalized spacial score (nSPS) is 18.9. The van der Waals surface area contributed by atoms with E-state index >= 15 is 0 Å². The lowest BCUT2D eigenvalue weighted by atomic mass is 9.63. The Morgan fingerprint density at radius 1 is 0.917 bits per heavy atom. The van der Waals surface area contributed by atoms with Gasteiger partial charge in [0.05, 0.1) is 19.8 Å². The lowest BCUT2D eigenvalue weighted by molar-refractivity contribution is -0.120. The van der Waals surface area contributed by atoms with Crippen LogP contribution < -0.4 is 20.1 Å². The number of ether oxygens (including phenoxy) is 2. The highest BCUT2D eigenvalue weighted by Crippen LogP contribution is 2.49. The molecule has 1 atom stereocenters. The van der Waals surface area contributed by atoms with Crippen LogP contribution in [-0.4, -0.2) is 31.3 Å².